The zero-order valence-electron chi connectivity index (χ0n) is 16.4. The van der Waals surface area contributed by atoms with E-state index in [-0.39, 0.29) is 5.92 Å². The van der Waals surface area contributed by atoms with Gasteiger partial charge in [-0.1, -0.05) is 13.8 Å². The third kappa shape index (κ3) is 4.13. The van der Waals surface area contributed by atoms with E-state index in [0.717, 1.165) is 10.9 Å². The number of carboxylic acid groups (broad SMARTS) is 1. The van der Waals surface area contributed by atoms with Crippen LogP contribution in [-0.2, 0) is 9.59 Å². The van der Waals surface area contributed by atoms with Gasteiger partial charge in [0.2, 0.25) is 0 Å². The number of benzene rings is 1. The lowest BCUT2D eigenvalue weighted by Gasteiger charge is -2.22. The van der Waals surface area contributed by atoms with Crippen LogP contribution in [0.4, 0.5) is 0 Å². The summed E-state index contributed by atoms with van der Waals surface area (Å²) >= 11 is 0. The molecule has 2 aromatic rings. The maximum atomic E-state index is 12.3. The molecule has 0 fully saturated rings. The molecule has 2 atom stereocenters. The molecule has 7 heteroatoms. The van der Waals surface area contributed by atoms with E-state index in [0.29, 0.717) is 22.5 Å². The highest BCUT2D eigenvalue weighted by Crippen LogP contribution is 2.29. The first-order valence-corrected chi connectivity index (χ1v) is 8.78. The van der Waals surface area contributed by atoms with Gasteiger partial charge in [0, 0.05) is 16.5 Å². The number of nitrogens with one attached hydrogen (secondary N) is 1. The summed E-state index contributed by atoms with van der Waals surface area (Å²) in [5, 5.41) is 12.5. The van der Waals surface area contributed by atoms with Crippen LogP contribution in [0.2, 0.25) is 0 Å². The second kappa shape index (κ2) is 7.82. The Balaban J connectivity index is 2.29. The average molecular weight is 375 g/mol. The van der Waals surface area contributed by atoms with Crippen LogP contribution in [0.15, 0.2) is 21.3 Å². The van der Waals surface area contributed by atoms with Crippen LogP contribution in [0, 0.1) is 26.7 Å². The summed E-state index contributed by atoms with van der Waals surface area (Å²) in [5.74, 6) is -1.49. The standard InChI is InChI=1S/C20H25NO6/c1-9(2)16(19(23)24)21-18(22)13(6)26-15-8-7-14-10(3)11(4)20(25)27-17(14)12(15)5/h7-9,13,16H,1-6H3,(H,21,22)(H,23,24)/t13-,16+/m0/s1. The van der Waals surface area contributed by atoms with Gasteiger partial charge in [0.1, 0.15) is 17.4 Å². The van der Waals surface area contributed by atoms with E-state index >= 15 is 0 Å². The first kappa shape index (κ1) is 20.5. The highest BCUT2D eigenvalue weighted by Gasteiger charge is 2.27. The van der Waals surface area contributed by atoms with Gasteiger partial charge < -0.3 is 19.6 Å². The van der Waals surface area contributed by atoms with Crippen molar-refractivity contribution in [2.24, 2.45) is 5.92 Å². The van der Waals surface area contributed by atoms with Crippen molar-refractivity contribution in [2.75, 3.05) is 0 Å². The summed E-state index contributed by atoms with van der Waals surface area (Å²) in [4.78, 5) is 35.5. The van der Waals surface area contributed by atoms with Crippen molar-refractivity contribution in [2.45, 2.75) is 53.7 Å². The number of ether oxygens (including phenoxy) is 1. The Morgan fingerprint density at radius 3 is 2.26 bits per heavy atom. The van der Waals surface area contributed by atoms with E-state index in [2.05, 4.69) is 5.32 Å². The van der Waals surface area contributed by atoms with Gasteiger partial charge in [-0.2, -0.15) is 0 Å². The van der Waals surface area contributed by atoms with Crippen molar-refractivity contribution >= 4 is 22.8 Å². The Bertz CT molecular complexity index is 944. The molecule has 0 bridgehead atoms. The number of carbonyl (C=O) groups is 2. The lowest BCUT2D eigenvalue weighted by molar-refractivity contribution is -0.144. The third-order valence-corrected chi connectivity index (χ3v) is 4.73. The normalized spacial score (nSPS) is 13.4. The van der Waals surface area contributed by atoms with Gasteiger partial charge in [0.15, 0.2) is 6.10 Å². The molecule has 0 aliphatic heterocycles. The Labute approximate surface area is 157 Å². The van der Waals surface area contributed by atoms with Gasteiger partial charge >= 0.3 is 11.6 Å². The lowest BCUT2D eigenvalue weighted by Crippen LogP contribution is -2.48. The number of carbonyl (C=O) groups excluding carboxylic acids is 1. The summed E-state index contributed by atoms with van der Waals surface area (Å²) < 4.78 is 11.1. The Morgan fingerprint density at radius 1 is 1.07 bits per heavy atom. The van der Waals surface area contributed by atoms with Crippen LogP contribution in [-0.4, -0.2) is 29.1 Å². The zero-order valence-corrected chi connectivity index (χ0v) is 16.4. The van der Waals surface area contributed by atoms with Crippen LogP contribution < -0.4 is 15.7 Å². The van der Waals surface area contributed by atoms with Gasteiger partial charge in [-0.05, 0) is 51.3 Å². The minimum Gasteiger partial charge on any atom is -0.480 e. The summed E-state index contributed by atoms with van der Waals surface area (Å²) in [6, 6.07) is 2.50. The van der Waals surface area contributed by atoms with Crippen molar-refractivity contribution in [3.05, 3.63) is 39.2 Å². The highest BCUT2D eigenvalue weighted by atomic mass is 16.5. The molecule has 0 saturated heterocycles. The molecule has 1 heterocycles. The van der Waals surface area contributed by atoms with Crippen molar-refractivity contribution in [3.63, 3.8) is 0 Å². The second-order valence-electron chi connectivity index (χ2n) is 7.03. The lowest BCUT2D eigenvalue weighted by atomic mass is 10.0. The molecule has 0 saturated carbocycles. The third-order valence-electron chi connectivity index (χ3n) is 4.73. The largest absolute Gasteiger partial charge is 0.480 e. The summed E-state index contributed by atoms with van der Waals surface area (Å²) in [5.41, 5.74) is 2.00. The molecule has 0 spiro atoms. The number of amides is 1. The molecule has 0 radical (unpaired) electrons. The SMILES string of the molecule is Cc1c(C)c2ccc(O[C@@H](C)C(=O)N[C@@H](C(=O)O)C(C)C)c(C)c2oc1=O. The second-order valence-corrected chi connectivity index (χ2v) is 7.03. The van der Waals surface area contributed by atoms with Crippen molar-refractivity contribution < 1.29 is 23.8 Å². The van der Waals surface area contributed by atoms with Gasteiger partial charge in [-0.15, -0.1) is 0 Å². The predicted octanol–water partition coefficient (Wildman–Crippen LogP) is 2.71. The molecule has 2 rings (SSSR count). The number of hydrogen-bond donors (Lipinski definition) is 2. The molecular formula is C20H25NO6. The van der Waals surface area contributed by atoms with Crippen molar-refractivity contribution in [3.8, 4) is 5.75 Å². The topological polar surface area (TPSA) is 106 Å². The van der Waals surface area contributed by atoms with Crippen LogP contribution in [0.5, 0.6) is 5.75 Å². The van der Waals surface area contributed by atoms with E-state index in [1.807, 2.05) is 6.92 Å². The number of hydrogen-bond acceptors (Lipinski definition) is 5. The highest BCUT2D eigenvalue weighted by molar-refractivity contribution is 5.87. The maximum absolute atomic E-state index is 12.3. The number of aryl methyl sites for hydroxylation is 2. The molecule has 27 heavy (non-hydrogen) atoms. The van der Waals surface area contributed by atoms with E-state index in [4.69, 9.17) is 9.15 Å². The van der Waals surface area contributed by atoms with E-state index < -0.39 is 29.6 Å². The van der Waals surface area contributed by atoms with Gasteiger partial charge in [-0.3, -0.25) is 4.79 Å². The molecule has 1 aromatic carbocycles. The van der Waals surface area contributed by atoms with Crippen molar-refractivity contribution in [1.82, 2.24) is 5.32 Å². The van der Waals surface area contributed by atoms with Crippen molar-refractivity contribution in [1.29, 1.82) is 0 Å². The Kier molecular flexibility index (Phi) is 5.93. The monoisotopic (exact) mass is 375 g/mol. The Hall–Kier alpha value is -2.83. The van der Waals surface area contributed by atoms with E-state index in [1.165, 1.54) is 6.92 Å². The number of rotatable bonds is 6. The minimum absolute atomic E-state index is 0.262. The van der Waals surface area contributed by atoms with E-state index in [9.17, 15) is 19.5 Å². The minimum atomic E-state index is -1.10. The average Bonchev–Trinajstić information content (AvgIpc) is 2.59. The molecule has 7 nitrogen and oxygen atoms in total. The van der Waals surface area contributed by atoms with Crippen LogP contribution in [0.3, 0.4) is 0 Å². The molecule has 146 valence electrons. The molecule has 2 N–H and O–H groups in total. The van der Waals surface area contributed by atoms with Gasteiger partial charge in [0.05, 0.1) is 0 Å². The summed E-state index contributed by atoms with van der Waals surface area (Å²) in [6.45, 7) is 10.3. The molecule has 0 aliphatic rings. The molecule has 1 aromatic heterocycles. The molecule has 0 unspecified atom stereocenters. The smallest absolute Gasteiger partial charge is 0.339 e. The number of aliphatic carboxylic acids is 1. The first-order chi connectivity index (χ1) is 12.5. The molecule has 0 aliphatic carbocycles. The summed E-state index contributed by atoms with van der Waals surface area (Å²) in [6.07, 6.45) is -0.917. The fourth-order valence-electron chi connectivity index (χ4n) is 2.78. The van der Waals surface area contributed by atoms with Gasteiger partial charge in [0.25, 0.3) is 5.91 Å². The predicted molar refractivity (Wildman–Crippen MR) is 101 cm³/mol. The number of carboxylic acids is 1. The Morgan fingerprint density at radius 2 is 1.70 bits per heavy atom. The summed E-state index contributed by atoms with van der Waals surface area (Å²) in [7, 11) is 0. The fraction of sp³-hybridized carbons (Fsp3) is 0.450. The van der Waals surface area contributed by atoms with Crippen LogP contribution in [0.25, 0.3) is 11.0 Å². The zero-order chi connectivity index (χ0) is 20.5. The fourth-order valence-corrected chi connectivity index (χ4v) is 2.78. The van der Waals surface area contributed by atoms with Gasteiger partial charge in [-0.25, -0.2) is 9.59 Å². The molecular weight excluding hydrogens is 350 g/mol. The van der Waals surface area contributed by atoms with Crippen LogP contribution >= 0.6 is 0 Å². The number of fused-ring (bicyclic) bond motifs is 1. The van der Waals surface area contributed by atoms with E-state index in [1.54, 1.807) is 39.8 Å². The first-order valence-electron chi connectivity index (χ1n) is 8.78. The maximum Gasteiger partial charge on any atom is 0.339 e. The van der Waals surface area contributed by atoms with Crippen LogP contribution in [0.1, 0.15) is 37.5 Å². The molecule has 1 amide bonds. The quantitative estimate of drug-likeness (QED) is 0.752.